The lowest BCUT2D eigenvalue weighted by atomic mass is 10.3. The number of anilines is 2. The van der Waals surface area contributed by atoms with E-state index in [-0.39, 0.29) is 11.5 Å². The van der Waals surface area contributed by atoms with E-state index in [9.17, 15) is 10.1 Å². The Morgan fingerprint density at radius 2 is 2.26 bits per heavy atom. The normalized spacial score (nSPS) is 10.2. The molecular formula is C11H19N5O3. The van der Waals surface area contributed by atoms with Crippen molar-refractivity contribution >= 4 is 17.3 Å². The third-order valence-electron chi connectivity index (χ3n) is 2.40. The van der Waals surface area contributed by atoms with Crippen LogP contribution in [-0.4, -0.2) is 29.7 Å². The number of nitro groups is 1. The monoisotopic (exact) mass is 269 g/mol. The SMILES string of the molecule is CCCCOCCNc1nc(NN)ccc1[N+](=O)[O-]. The van der Waals surface area contributed by atoms with E-state index in [1.54, 1.807) is 0 Å². The van der Waals surface area contributed by atoms with E-state index in [4.69, 9.17) is 10.6 Å². The minimum absolute atomic E-state index is 0.0902. The highest BCUT2D eigenvalue weighted by atomic mass is 16.6. The Bertz CT molecular complexity index is 413. The van der Waals surface area contributed by atoms with Gasteiger partial charge in [0.25, 0.3) is 0 Å². The Balaban J connectivity index is 2.52. The van der Waals surface area contributed by atoms with Gasteiger partial charge in [0.2, 0.25) is 5.82 Å². The fourth-order valence-corrected chi connectivity index (χ4v) is 1.40. The van der Waals surface area contributed by atoms with Crippen molar-refractivity contribution in [2.24, 2.45) is 5.84 Å². The van der Waals surface area contributed by atoms with Crippen molar-refractivity contribution in [2.45, 2.75) is 19.8 Å². The summed E-state index contributed by atoms with van der Waals surface area (Å²) in [7, 11) is 0. The molecule has 106 valence electrons. The summed E-state index contributed by atoms with van der Waals surface area (Å²) >= 11 is 0. The Hall–Kier alpha value is -1.93. The summed E-state index contributed by atoms with van der Waals surface area (Å²) in [5.41, 5.74) is 2.26. The van der Waals surface area contributed by atoms with Crippen LogP contribution >= 0.6 is 0 Å². The number of hydrogen-bond acceptors (Lipinski definition) is 7. The summed E-state index contributed by atoms with van der Waals surface area (Å²) in [5, 5.41) is 13.7. The molecule has 0 aliphatic carbocycles. The number of nitrogens with two attached hydrogens (primary N) is 1. The molecule has 0 amide bonds. The minimum Gasteiger partial charge on any atom is -0.380 e. The molecule has 4 N–H and O–H groups in total. The number of ether oxygens (including phenoxy) is 1. The highest BCUT2D eigenvalue weighted by molar-refractivity contribution is 5.59. The van der Waals surface area contributed by atoms with Crippen LogP contribution in [-0.2, 0) is 4.74 Å². The summed E-state index contributed by atoms with van der Waals surface area (Å²) in [6, 6.07) is 2.80. The number of nitrogens with zero attached hydrogens (tertiary/aromatic N) is 2. The maximum Gasteiger partial charge on any atom is 0.311 e. The van der Waals surface area contributed by atoms with Crippen LogP contribution in [0.4, 0.5) is 17.3 Å². The van der Waals surface area contributed by atoms with Gasteiger partial charge in [0, 0.05) is 19.2 Å². The predicted octanol–water partition coefficient (Wildman–Crippen LogP) is 1.50. The zero-order valence-corrected chi connectivity index (χ0v) is 10.9. The van der Waals surface area contributed by atoms with E-state index in [1.807, 2.05) is 0 Å². The number of hydrazine groups is 1. The maximum atomic E-state index is 10.8. The van der Waals surface area contributed by atoms with E-state index in [0.717, 1.165) is 12.8 Å². The van der Waals surface area contributed by atoms with E-state index < -0.39 is 4.92 Å². The predicted molar refractivity (Wildman–Crippen MR) is 72.9 cm³/mol. The molecular weight excluding hydrogens is 250 g/mol. The van der Waals surface area contributed by atoms with Gasteiger partial charge >= 0.3 is 5.69 Å². The smallest absolute Gasteiger partial charge is 0.311 e. The minimum atomic E-state index is -0.492. The number of rotatable bonds is 9. The molecule has 0 saturated heterocycles. The van der Waals surface area contributed by atoms with Gasteiger partial charge in [0.15, 0.2) is 0 Å². The number of pyridine rings is 1. The summed E-state index contributed by atoms with van der Waals surface area (Å²) < 4.78 is 5.35. The second-order valence-corrected chi connectivity index (χ2v) is 3.86. The molecule has 0 fully saturated rings. The number of unbranched alkanes of at least 4 members (excludes halogenated alkanes) is 1. The molecule has 0 radical (unpaired) electrons. The summed E-state index contributed by atoms with van der Waals surface area (Å²) in [6.07, 6.45) is 2.08. The topological polar surface area (TPSA) is 115 Å². The Kier molecular flexibility index (Phi) is 6.55. The zero-order valence-electron chi connectivity index (χ0n) is 10.9. The summed E-state index contributed by atoms with van der Waals surface area (Å²) in [6.45, 7) is 3.70. The molecule has 0 aromatic carbocycles. The van der Waals surface area contributed by atoms with Crippen LogP contribution in [0.5, 0.6) is 0 Å². The first-order valence-corrected chi connectivity index (χ1v) is 6.12. The second kappa shape index (κ2) is 8.22. The first-order chi connectivity index (χ1) is 9.19. The largest absolute Gasteiger partial charge is 0.380 e. The third kappa shape index (κ3) is 5.06. The molecule has 8 heteroatoms. The molecule has 0 atom stereocenters. The van der Waals surface area contributed by atoms with Gasteiger partial charge in [-0.2, -0.15) is 0 Å². The molecule has 0 aliphatic rings. The van der Waals surface area contributed by atoms with Crippen LogP contribution in [0.2, 0.25) is 0 Å². The van der Waals surface area contributed by atoms with Gasteiger partial charge in [-0.3, -0.25) is 10.1 Å². The zero-order chi connectivity index (χ0) is 14.1. The molecule has 0 saturated carbocycles. The van der Waals surface area contributed by atoms with E-state index in [0.29, 0.717) is 25.6 Å². The molecule has 0 aliphatic heterocycles. The Morgan fingerprint density at radius 1 is 1.47 bits per heavy atom. The number of aromatic nitrogens is 1. The van der Waals surface area contributed by atoms with Crippen molar-refractivity contribution in [3.63, 3.8) is 0 Å². The van der Waals surface area contributed by atoms with Crippen LogP contribution < -0.4 is 16.6 Å². The van der Waals surface area contributed by atoms with Gasteiger partial charge in [0.1, 0.15) is 5.82 Å². The van der Waals surface area contributed by atoms with Gasteiger partial charge < -0.3 is 15.5 Å². The van der Waals surface area contributed by atoms with Gasteiger partial charge in [-0.1, -0.05) is 13.3 Å². The fourth-order valence-electron chi connectivity index (χ4n) is 1.40. The van der Waals surface area contributed by atoms with E-state index in [1.165, 1.54) is 12.1 Å². The summed E-state index contributed by atoms with van der Waals surface area (Å²) in [5.74, 6) is 5.76. The fraction of sp³-hybridized carbons (Fsp3) is 0.545. The van der Waals surface area contributed by atoms with Crippen LogP contribution in [0.15, 0.2) is 12.1 Å². The first kappa shape index (κ1) is 15.1. The molecule has 0 unspecified atom stereocenters. The van der Waals surface area contributed by atoms with Crippen LogP contribution in [0.25, 0.3) is 0 Å². The molecule has 0 bridgehead atoms. The molecule has 19 heavy (non-hydrogen) atoms. The lowest BCUT2D eigenvalue weighted by Gasteiger charge is -2.08. The van der Waals surface area contributed by atoms with Crippen molar-refractivity contribution in [3.8, 4) is 0 Å². The Labute approximate surface area is 111 Å². The lowest BCUT2D eigenvalue weighted by molar-refractivity contribution is -0.384. The molecule has 1 aromatic heterocycles. The molecule has 1 rings (SSSR count). The van der Waals surface area contributed by atoms with Gasteiger partial charge in [0.05, 0.1) is 11.5 Å². The van der Waals surface area contributed by atoms with E-state index in [2.05, 4.69) is 22.7 Å². The third-order valence-corrected chi connectivity index (χ3v) is 2.40. The van der Waals surface area contributed by atoms with Crippen molar-refractivity contribution < 1.29 is 9.66 Å². The number of nitrogen functional groups attached to an aromatic ring is 1. The van der Waals surface area contributed by atoms with Crippen molar-refractivity contribution in [1.29, 1.82) is 0 Å². The van der Waals surface area contributed by atoms with Crippen LogP contribution in [0.3, 0.4) is 0 Å². The number of nitrogens with one attached hydrogen (secondary N) is 2. The first-order valence-electron chi connectivity index (χ1n) is 6.12. The quantitative estimate of drug-likeness (QED) is 0.269. The molecule has 8 nitrogen and oxygen atoms in total. The molecule has 1 heterocycles. The average Bonchev–Trinajstić information content (AvgIpc) is 2.42. The van der Waals surface area contributed by atoms with Crippen molar-refractivity contribution in [3.05, 3.63) is 22.2 Å². The maximum absolute atomic E-state index is 10.8. The second-order valence-electron chi connectivity index (χ2n) is 3.86. The van der Waals surface area contributed by atoms with Gasteiger partial charge in [-0.25, -0.2) is 10.8 Å². The summed E-state index contributed by atoms with van der Waals surface area (Å²) in [4.78, 5) is 14.3. The van der Waals surface area contributed by atoms with Gasteiger partial charge in [-0.05, 0) is 12.5 Å². The van der Waals surface area contributed by atoms with Crippen molar-refractivity contribution in [2.75, 3.05) is 30.5 Å². The molecule has 1 aromatic rings. The highest BCUT2D eigenvalue weighted by Gasteiger charge is 2.15. The highest BCUT2D eigenvalue weighted by Crippen LogP contribution is 2.23. The van der Waals surface area contributed by atoms with E-state index >= 15 is 0 Å². The number of hydrogen-bond donors (Lipinski definition) is 3. The lowest BCUT2D eigenvalue weighted by Crippen LogP contribution is -2.14. The van der Waals surface area contributed by atoms with Crippen LogP contribution in [0, 0.1) is 10.1 Å². The average molecular weight is 269 g/mol. The Morgan fingerprint density at radius 3 is 2.89 bits per heavy atom. The van der Waals surface area contributed by atoms with Gasteiger partial charge in [-0.15, -0.1) is 0 Å². The van der Waals surface area contributed by atoms with Crippen LogP contribution in [0.1, 0.15) is 19.8 Å². The molecule has 0 spiro atoms. The van der Waals surface area contributed by atoms with Crippen molar-refractivity contribution in [1.82, 2.24) is 4.98 Å². The standard InChI is InChI=1S/C11H19N5O3/c1-2-3-7-19-8-6-13-11-9(16(17)18)4-5-10(14-11)15-12/h4-5H,2-3,6-8,12H2,1H3,(H2,13,14,15).